The first-order valence-electron chi connectivity index (χ1n) is 6.72. The Bertz CT molecular complexity index is 421. The van der Waals surface area contributed by atoms with E-state index in [4.69, 9.17) is 10.5 Å². The van der Waals surface area contributed by atoms with Gasteiger partial charge in [-0.05, 0) is 37.3 Å². The first-order chi connectivity index (χ1) is 8.78. The Morgan fingerprint density at radius 1 is 1.26 bits per heavy atom. The minimum Gasteiger partial charge on any atom is -0.469 e. The van der Waals surface area contributed by atoms with Crippen LogP contribution in [0.3, 0.4) is 0 Å². The van der Waals surface area contributed by atoms with E-state index in [1.165, 1.54) is 12.7 Å². The van der Waals surface area contributed by atoms with E-state index >= 15 is 0 Å². The van der Waals surface area contributed by atoms with Crippen LogP contribution in [-0.4, -0.2) is 13.1 Å². The van der Waals surface area contributed by atoms with Crippen molar-refractivity contribution in [2.75, 3.05) is 7.11 Å². The number of carbonyl (C=O) groups excluding carboxylic acids is 1. The number of esters is 1. The molecule has 1 atom stereocenters. The van der Waals surface area contributed by atoms with Crippen molar-refractivity contribution in [3.63, 3.8) is 0 Å². The van der Waals surface area contributed by atoms with E-state index in [0.717, 1.165) is 12.0 Å². The summed E-state index contributed by atoms with van der Waals surface area (Å²) in [5.74, 6) is 0.345. The van der Waals surface area contributed by atoms with E-state index in [0.29, 0.717) is 5.92 Å². The molecule has 0 spiro atoms. The fourth-order valence-corrected chi connectivity index (χ4v) is 2.14. The maximum absolute atomic E-state index is 11.8. The third-order valence-corrected chi connectivity index (χ3v) is 3.47. The van der Waals surface area contributed by atoms with E-state index in [9.17, 15) is 4.79 Å². The van der Waals surface area contributed by atoms with E-state index in [1.54, 1.807) is 0 Å². The van der Waals surface area contributed by atoms with Crippen molar-refractivity contribution in [1.82, 2.24) is 0 Å². The monoisotopic (exact) mass is 263 g/mol. The van der Waals surface area contributed by atoms with Crippen LogP contribution in [-0.2, 0) is 16.0 Å². The SMILES string of the molecule is COC(=O)C(C)(C)C(N)c1ccc(CC(C)C)cc1. The van der Waals surface area contributed by atoms with E-state index in [2.05, 4.69) is 26.0 Å². The van der Waals surface area contributed by atoms with Gasteiger partial charge in [0.15, 0.2) is 0 Å². The molecule has 2 N–H and O–H groups in total. The molecule has 3 heteroatoms. The fraction of sp³-hybridized carbons (Fsp3) is 0.562. The average molecular weight is 263 g/mol. The zero-order chi connectivity index (χ0) is 14.6. The highest BCUT2D eigenvalue weighted by Gasteiger charge is 2.36. The first kappa shape index (κ1) is 15.7. The summed E-state index contributed by atoms with van der Waals surface area (Å²) in [5, 5.41) is 0. The molecule has 0 fully saturated rings. The smallest absolute Gasteiger partial charge is 0.313 e. The summed E-state index contributed by atoms with van der Waals surface area (Å²) < 4.78 is 4.82. The quantitative estimate of drug-likeness (QED) is 0.831. The number of benzene rings is 1. The summed E-state index contributed by atoms with van der Waals surface area (Å²) in [7, 11) is 1.39. The highest BCUT2D eigenvalue weighted by molar-refractivity contribution is 5.77. The van der Waals surface area contributed by atoms with Crippen LogP contribution in [0.4, 0.5) is 0 Å². The third kappa shape index (κ3) is 3.80. The van der Waals surface area contributed by atoms with Gasteiger partial charge in [0.25, 0.3) is 0 Å². The molecular formula is C16H25NO2. The molecule has 0 saturated carbocycles. The molecule has 19 heavy (non-hydrogen) atoms. The molecule has 1 unspecified atom stereocenters. The number of methoxy groups -OCH3 is 1. The molecule has 0 amide bonds. The zero-order valence-electron chi connectivity index (χ0n) is 12.6. The molecule has 1 rings (SSSR count). The van der Waals surface area contributed by atoms with Crippen LogP contribution in [0.5, 0.6) is 0 Å². The molecule has 0 aliphatic rings. The molecule has 0 radical (unpaired) electrons. The van der Waals surface area contributed by atoms with Crippen molar-refractivity contribution in [2.24, 2.45) is 17.1 Å². The van der Waals surface area contributed by atoms with Gasteiger partial charge in [-0.25, -0.2) is 0 Å². The molecular weight excluding hydrogens is 238 g/mol. The van der Waals surface area contributed by atoms with Crippen molar-refractivity contribution >= 4 is 5.97 Å². The fourth-order valence-electron chi connectivity index (χ4n) is 2.14. The minimum absolute atomic E-state index is 0.286. The van der Waals surface area contributed by atoms with Gasteiger partial charge in [-0.1, -0.05) is 38.1 Å². The Hall–Kier alpha value is -1.35. The highest BCUT2D eigenvalue weighted by atomic mass is 16.5. The van der Waals surface area contributed by atoms with E-state index in [1.807, 2.05) is 26.0 Å². The molecule has 0 aliphatic carbocycles. The number of carbonyl (C=O) groups is 1. The maximum Gasteiger partial charge on any atom is 0.313 e. The second kappa shape index (κ2) is 6.20. The number of rotatable bonds is 5. The number of hydrogen-bond donors (Lipinski definition) is 1. The summed E-state index contributed by atoms with van der Waals surface area (Å²) in [6.45, 7) is 8.01. The normalized spacial score (nSPS) is 13.4. The average Bonchev–Trinajstić information content (AvgIpc) is 2.37. The molecule has 3 nitrogen and oxygen atoms in total. The summed E-state index contributed by atoms with van der Waals surface area (Å²) in [6.07, 6.45) is 1.05. The standard InChI is InChI=1S/C16H25NO2/c1-11(2)10-12-6-8-13(9-7-12)14(17)16(3,4)15(18)19-5/h6-9,11,14H,10,17H2,1-5H3. The second-order valence-electron chi connectivity index (χ2n) is 6.03. The molecule has 106 valence electrons. The predicted molar refractivity (Wildman–Crippen MR) is 77.7 cm³/mol. The van der Waals surface area contributed by atoms with Crippen molar-refractivity contribution in [3.8, 4) is 0 Å². The lowest BCUT2D eigenvalue weighted by atomic mass is 9.81. The van der Waals surface area contributed by atoms with Crippen molar-refractivity contribution in [1.29, 1.82) is 0 Å². The van der Waals surface area contributed by atoms with Gasteiger partial charge in [0.05, 0.1) is 12.5 Å². The molecule has 0 aliphatic heterocycles. The van der Waals surface area contributed by atoms with Crippen molar-refractivity contribution in [2.45, 2.75) is 40.2 Å². The van der Waals surface area contributed by atoms with Gasteiger partial charge in [-0.3, -0.25) is 4.79 Å². The molecule has 0 saturated heterocycles. The van der Waals surface area contributed by atoms with Crippen LogP contribution >= 0.6 is 0 Å². The van der Waals surface area contributed by atoms with Gasteiger partial charge >= 0.3 is 5.97 Å². The first-order valence-corrected chi connectivity index (χ1v) is 6.72. The van der Waals surface area contributed by atoms with Gasteiger partial charge in [0, 0.05) is 6.04 Å². The lowest BCUT2D eigenvalue weighted by molar-refractivity contribution is -0.152. The van der Waals surface area contributed by atoms with Crippen molar-refractivity contribution < 1.29 is 9.53 Å². The minimum atomic E-state index is -0.728. The van der Waals surface area contributed by atoms with Crippen LogP contribution < -0.4 is 5.73 Å². The lowest BCUT2D eigenvalue weighted by Gasteiger charge is -2.29. The van der Waals surface area contributed by atoms with Crippen LogP contribution in [0.1, 0.15) is 44.9 Å². The molecule has 0 bridgehead atoms. The Morgan fingerprint density at radius 3 is 2.21 bits per heavy atom. The summed E-state index contributed by atoms with van der Waals surface area (Å²) in [4.78, 5) is 11.8. The van der Waals surface area contributed by atoms with Crippen LogP contribution in [0, 0.1) is 11.3 Å². The Labute approximate surface area is 116 Å². The molecule has 1 aromatic rings. The molecule has 1 aromatic carbocycles. The van der Waals surface area contributed by atoms with Gasteiger partial charge in [0.1, 0.15) is 0 Å². The zero-order valence-corrected chi connectivity index (χ0v) is 12.6. The summed E-state index contributed by atoms with van der Waals surface area (Å²) >= 11 is 0. The number of ether oxygens (including phenoxy) is 1. The lowest BCUT2D eigenvalue weighted by Crippen LogP contribution is -2.37. The Morgan fingerprint density at radius 2 is 1.79 bits per heavy atom. The second-order valence-corrected chi connectivity index (χ2v) is 6.03. The largest absolute Gasteiger partial charge is 0.469 e. The van der Waals surface area contributed by atoms with Gasteiger partial charge < -0.3 is 10.5 Å². The maximum atomic E-state index is 11.8. The van der Waals surface area contributed by atoms with Crippen LogP contribution in [0.15, 0.2) is 24.3 Å². The van der Waals surface area contributed by atoms with Crippen molar-refractivity contribution in [3.05, 3.63) is 35.4 Å². The van der Waals surface area contributed by atoms with Crippen LogP contribution in [0.2, 0.25) is 0 Å². The molecule has 0 aromatic heterocycles. The van der Waals surface area contributed by atoms with Gasteiger partial charge in [-0.15, -0.1) is 0 Å². The van der Waals surface area contributed by atoms with E-state index in [-0.39, 0.29) is 12.0 Å². The molecule has 0 heterocycles. The number of hydrogen-bond acceptors (Lipinski definition) is 3. The van der Waals surface area contributed by atoms with E-state index < -0.39 is 5.41 Å². The third-order valence-electron chi connectivity index (χ3n) is 3.47. The Balaban J connectivity index is 2.88. The summed E-state index contributed by atoms with van der Waals surface area (Å²) in [6, 6.07) is 7.82. The Kier molecular flexibility index (Phi) is 5.12. The van der Waals surface area contributed by atoms with Gasteiger partial charge in [0.2, 0.25) is 0 Å². The highest BCUT2D eigenvalue weighted by Crippen LogP contribution is 2.32. The summed E-state index contributed by atoms with van der Waals surface area (Å²) in [5.41, 5.74) is 7.73. The van der Waals surface area contributed by atoms with Crippen LogP contribution in [0.25, 0.3) is 0 Å². The van der Waals surface area contributed by atoms with Gasteiger partial charge in [-0.2, -0.15) is 0 Å². The number of nitrogens with two attached hydrogens (primary N) is 1. The predicted octanol–water partition coefficient (Wildman–Crippen LogP) is 3.08. The topological polar surface area (TPSA) is 52.3 Å².